The van der Waals surface area contributed by atoms with Gasteiger partial charge in [0.05, 0.1) is 0 Å². The lowest BCUT2D eigenvalue weighted by atomic mass is 9.39. The highest BCUT2D eigenvalue weighted by atomic mass is 14.7. The van der Waals surface area contributed by atoms with E-state index in [0.29, 0.717) is 0 Å². The molecule has 0 aromatic heterocycles. The Balaban J connectivity index is 1.50. The van der Waals surface area contributed by atoms with Crippen LogP contribution in [0, 0.1) is 47.3 Å². The summed E-state index contributed by atoms with van der Waals surface area (Å²) in [6.45, 7) is 0. The zero-order valence-electron chi connectivity index (χ0n) is 10.3. The summed E-state index contributed by atoms with van der Waals surface area (Å²) in [5, 5.41) is 0. The molecular formula is C16H24. The van der Waals surface area contributed by atoms with Gasteiger partial charge in [0.25, 0.3) is 0 Å². The lowest BCUT2D eigenvalue weighted by Gasteiger charge is -2.65. The molecule has 6 aliphatic rings. The summed E-state index contributed by atoms with van der Waals surface area (Å²) in [5.41, 5.74) is 0. The molecule has 0 aliphatic heterocycles. The summed E-state index contributed by atoms with van der Waals surface area (Å²) in [4.78, 5) is 0. The molecule has 4 unspecified atom stereocenters. The number of rotatable bonds is 0. The molecule has 0 heteroatoms. The van der Waals surface area contributed by atoms with E-state index in [1.807, 2.05) is 0 Å². The fraction of sp³-hybridized carbons (Fsp3) is 1.00. The maximum absolute atomic E-state index is 1.65. The summed E-state index contributed by atoms with van der Waals surface area (Å²) < 4.78 is 0. The molecule has 0 heterocycles. The van der Waals surface area contributed by atoms with Gasteiger partial charge < -0.3 is 0 Å². The molecule has 0 spiro atoms. The van der Waals surface area contributed by atoms with Crippen molar-refractivity contribution in [1.82, 2.24) is 0 Å². The normalized spacial score (nSPS) is 66.0. The van der Waals surface area contributed by atoms with Crippen molar-refractivity contribution in [2.75, 3.05) is 0 Å². The third kappa shape index (κ3) is 0.910. The Hall–Kier alpha value is 0. The first kappa shape index (κ1) is 9.00. The minimum Gasteiger partial charge on any atom is -0.0530 e. The second-order valence-electron chi connectivity index (χ2n) is 7.77. The van der Waals surface area contributed by atoms with Crippen molar-refractivity contribution in [2.45, 2.75) is 51.4 Å². The van der Waals surface area contributed by atoms with E-state index in [1.165, 1.54) is 35.5 Å². The van der Waals surface area contributed by atoms with Gasteiger partial charge in [-0.25, -0.2) is 0 Å². The average Bonchev–Trinajstić information content (AvgIpc) is 2.72. The molecule has 16 heavy (non-hydrogen) atoms. The Morgan fingerprint density at radius 3 is 1.25 bits per heavy atom. The topological polar surface area (TPSA) is 0 Å². The average molecular weight is 216 g/mol. The number of hydrogen-bond donors (Lipinski definition) is 0. The predicted octanol–water partition coefficient (Wildman–Crippen LogP) is 4.10. The maximum atomic E-state index is 1.65. The van der Waals surface area contributed by atoms with E-state index in [1.54, 1.807) is 51.4 Å². The maximum Gasteiger partial charge on any atom is -0.0318 e. The predicted molar refractivity (Wildman–Crippen MR) is 64.9 cm³/mol. The van der Waals surface area contributed by atoms with Gasteiger partial charge in [0, 0.05) is 0 Å². The van der Waals surface area contributed by atoms with Gasteiger partial charge in [-0.15, -0.1) is 0 Å². The molecule has 4 atom stereocenters. The first-order chi connectivity index (χ1) is 7.92. The summed E-state index contributed by atoms with van der Waals surface area (Å²) in [7, 11) is 0. The van der Waals surface area contributed by atoms with Crippen LogP contribution in [0.1, 0.15) is 51.4 Å². The highest BCUT2D eigenvalue weighted by Crippen LogP contribution is 2.75. The monoisotopic (exact) mass is 216 g/mol. The zero-order chi connectivity index (χ0) is 10.3. The molecule has 6 bridgehead atoms. The van der Waals surface area contributed by atoms with Gasteiger partial charge >= 0.3 is 0 Å². The van der Waals surface area contributed by atoms with Crippen molar-refractivity contribution in [3.05, 3.63) is 0 Å². The molecule has 0 aromatic carbocycles. The summed E-state index contributed by atoms with van der Waals surface area (Å²) in [5.74, 6) is 9.75. The molecule has 6 aliphatic carbocycles. The first-order valence-electron chi connectivity index (χ1n) is 7.92. The van der Waals surface area contributed by atoms with E-state index in [4.69, 9.17) is 0 Å². The molecule has 0 radical (unpaired) electrons. The zero-order valence-corrected chi connectivity index (χ0v) is 10.3. The molecule has 6 rings (SSSR count). The number of fused-ring (bicyclic) bond motifs is 3. The van der Waals surface area contributed by atoms with Crippen LogP contribution in [0.2, 0.25) is 0 Å². The quantitative estimate of drug-likeness (QED) is 0.572. The van der Waals surface area contributed by atoms with E-state index in [2.05, 4.69) is 0 Å². The van der Waals surface area contributed by atoms with Crippen LogP contribution in [0.15, 0.2) is 0 Å². The van der Waals surface area contributed by atoms with E-state index in [0.717, 1.165) is 11.8 Å². The fourth-order valence-corrected chi connectivity index (χ4v) is 7.02. The van der Waals surface area contributed by atoms with Gasteiger partial charge in [-0.1, -0.05) is 25.7 Å². The van der Waals surface area contributed by atoms with E-state index in [9.17, 15) is 0 Å². The smallest absolute Gasteiger partial charge is 0.0318 e. The molecule has 0 N–H and O–H groups in total. The second-order valence-corrected chi connectivity index (χ2v) is 7.77. The van der Waals surface area contributed by atoms with Gasteiger partial charge in [0.15, 0.2) is 0 Å². The Morgan fingerprint density at radius 1 is 0.500 bits per heavy atom. The van der Waals surface area contributed by atoms with Crippen LogP contribution in [0.3, 0.4) is 0 Å². The second kappa shape index (κ2) is 2.87. The first-order valence-corrected chi connectivity index (χ1v) is 7.92. The van der Waals surface area contributed by atoms with Gasteiger partial charge in [-0.3, -0.25) is 0 Å². The lowest BCUT2D eigenvalue weighted by Crippen LogP contribution is -2.61. The molecule has 0 amide bonds. The van der Waals surface area contributed by atoms with Crippen molar-refractivity contribution in [3.63, 3.8) is 0 Å². The largest absolute Gasteiger partial charge is 0.0530 e. The minimum absolute atomic E-state index is 1.16. The van der Waals surface area contributed by atoms with Crippen LogP contribution in [0.5, 0.6) is 0 Å². The van der Waals surface area contributed by atoms with Gasteiger partial charge in [-0.05, 0) is 73.0 Å². The molecule has 88 valence electrons. The Morgan fingerprint density at radius 2 is 0.875 bits per heavy atom. The van der Waals surface area contributed by atoms with Gasteiger partial charge in [-0.2, -0.15) is 0 Å². The van der Waals surface area contributed by atoms with Gasteiger partial charge in [0.1, 0.15) is 0 Å². The van der Waals surface area contributed by atoms with Crippen LogP contribution in [-0.2, 0) is 0 Å². The highest BCUT2D eigenvalue weighted by Gasteiger charge is 2.69. The Labute approximate surface area is 99.2 Å². The van der Waals surface area contributed by atoms with Crippen molar-refractivity contribution in [3.8, 4) is 0 Å². The van der Waals surface area contributed by atoms with Crippen LogP contribution in [0.4, 0.5) is 0 Å². The SMILES string of the molecule is C1CCC2CC3C(C2)C2C4CC(C1)CC4C32. The van der Waals surface area contributed by atoms with Crippen molar-refractivity contribution in [2.24, 2.45) is 47.3 Å². The highest BCUT2D eigenvalue weighted by molar-refractivity contribution is 5.17. The molecule has 0 aromatic rings. The summed E-state index contributed by atoms with van der Waals surface area (Å²) in [6.07, 6.45) is 12.9. The van der Waals surface area contributed by atoms with Crippen LogP contribution < -0.4 is 0 Å². The van der Waals surface area contributed by atoms with Crippen LogP contribution in [0.25, 0.3) is 0 Å². The van der Waals surface area contributed by atoms with E-state index in [-0.39, 0.29) is 0 Å². The Bertz CT molecular complexity index is 264. The van der Waals surface area contributed by atoms with E-state index < -0.39 is 0 Å². The standard InChI is InChI=1S/C16H24/c1-2-4-10-7-13-14(8-10)16-12-6-9(3-1)5-11(12)15(13)16/h9-16H,1-8H2. The fourth-order valence-electron chi connectivity index (χ4n) is 7.02. The third-order valence-electron chi connectivity index (χ3n) is 7.42. The van der Waals surface area contributed by atoms with Gasteiger partial charge in [0.2, 0.25) is 0 Å². The number of hydrogen-bond acceptors (Lipinski definition) is 0. The lowest BCUT2D eigenvalue weighted by molar-refractivity contribution is -0.178. The molecule has 0 nitrogen and oxygen atoms in total. The van der Waals surface area contributed by atoms with Crippen LogP contribution in [-0.4, -0.2) is 0 Å². The Kier molecular flexibility index (Phi) is 1.61. The van der Waals surface area contributed by atoms with Crippen molar-refractivity contribution < 1.29 is 0 Å². The van der Waals surface area contributed by atoms with Crippen molar-refractivity contribution >= 4 is 0 Å². The molecule has 0 saturated heterocycles. The van der Waals surface area contributed by atoms with E-state index >= 15 is 0 Å². The third-order valence-corrected chi connectivity index (χ3v) is 7.42. The summed E-state index contributed by atoms with van der Waals surface area (Å²) >= 11 is 0. The van der Waals surface area contributed by atoms with Crippen molar-refractivity contribution in [1.29, 1.82) is 0 Å². The molecular weight excluding hydrogens is 192 g/mol. The van der Waals surface area contributed by atoms with Crippen LogP contribution >= 0.6 is 0 Å². The molecule has 6 fully saturated rings. The summed E-state index contributed by atoms with van der Waals surface area (Å²) in [6, 6.07) is 0. The minimum atomic E-state index is 1.16. The molecule has 6 saturated carbocycles.